The van der Waals surface area contributed by atoms with Gasteiger partial charge in [-0.15, -0.1) is 11.3 Å². The van der Waals surface area contributed by atoms with E-state index in [1.807, 2.05) is 0 Å². The molecule has 5 nitrogen and oxygen atoms in total. The van der Waals surface area contributed by atoms with Crippen molar-refractivity contribution in [3.63, 3.8) is 0 Å². The van der Waals surface area contributed by atoms with Crippen LogP contribution in [0.15, 0.2) is 6.07 Å². The standard InChI is InChI=1S/C15H22N4OS/c1-3-7-16-14-17-12(19-15(9-20)5-6-15)11-8-10(4-2)21-13(11)18-14/h8,20H,3-7,9H2,1-2H3,(H2,16,17,18,19). The third-order valence-electron chi connectivity index (χ3n) is 3.87. The monoisotopic (exact) mass is 306 g/mol. The van der Waals surface area contributed by atoms with Gasteiger partial charge in [-0.1, -0.05) is 13.8 Å². The molecule has 0 amide bonds. The molecule has 0 atom stereocenters. The summed E-state index contributed by atoms with van der Waals surface area (Å²) in [5.41, 5.74) is -0.169. The van der Waals surface area contributed by atoms with Gasteiger partial charge < -0.3 is 15.7 Å². The maximum atomic E-state index is 9.53. The molecular weight excluding hydrogens is 284 g/mol. The lowest BCUT2D eigenvalue weighted by atomic mass is 10.2. The average molecular weight is 306 g/mol. The van der Waals surface area contributed by atoms with Crippen molar-refractivity contribution in [2.24, 2.45) is 0 Å². The highest BCUT2D eigenvalue weighted by atomic mass is 32.1. The molecule has 114 valence electrons. The molecule has 1 saturated carbocycles. The van der Waals surface area contributed by atoms with E-state index in [-0.39, 0.29) is 12.1 Å². The summed E-state index contributed by atoms with van der Waals surface area (Å²) >= 11 is 1.72. The second-order valence-electron chi connectivity index (χ2n) is 5.67. The predicted molar refractivity (Wildman–Crippen MR) is 88.2 cm³/mol. The normalized spacial score (nSPS) is 16.1. The number of aryl methyl sites for hydroxylation is 1. The highest BCUT2D eigenvalue weighted by molar-refractivity contribution is 7.18. The van der Waals surface area contributed by atoms with Crippen molar-refractivity contribution in [1.29, 1.82) is 0 Å². The molecule has 1 aliphatic rings. The zero-order valence-electron chi connectivity index (χ0n) is 12.6. The summed E-state index contributed by atoms with van der Waals surface area (Å²) in [5, 5.41) is 17.3. The van der Waals surface area contributed by atoms with Gasteiger partial charge >= 0.3 is 0 Å². The average Bonchev–Trinajstić information content (AvgIpc) is 3.14. The molecule has 0 unspecified atom stereocenters. The number of anilines is 2. The number of aliphatic hydroxyl groups excluding tert-OH is 1. The Morgan fingerprint density at radius 3 is 2.76 bits per heavy atom. The van der Waals surface area contributed by atoms with E-state index in [9.17, 15) is 5.11 Å². The van der Waals surface area contributed by atoms with Crippen molar-refractivity contribution in [3.8, 4) is 0 Å². The van der Waals surface area contributed by atoms with Gasteiger partial charge in [0.2, 0.25) is 5.95 Å². The quantitative estimate of drug-likeness (QED) is 0.733. The molecule has 1 aliphatic carbocycles. The van der Waals surface area contributed by atoms with Gasteiger partial charge in [-0.25, -0.2) is 4.98 Å². The first kappa shape index (κ1) is 14.5. The van der Waals surface area contributed by atoms with E-state index in [2.05, 4.69) is 40.5 Å². The SMILES string of the molecule is CCCNc1nc(NC2(CO)CC2)c2cc(CC)sc2n1. The Kier molecular flexibility index (Phi) is 3.99. The summed E-state index contributed by atoms with van der Waals surface area (Å²) < 4.78 is 0. The fourth-order valence-corrected chi connectivity index (χ4v) is 3.25. The Hall–Kier alpha value is -1.40. The van der Waals surface area contributed by atoms with Gasteiger partial charge in [-0.3, -0.25) is 0 Å². The van der Waals surface area contributed by atoms with Crippen LogP contribution in [0, 0.1) is 0 Å². The first-order chi connectivity index (χ1) is 10.2. The molecule has 0 bridgehead atoms. The molecule has 2 aromatic heterocycles. The van der Waals surface area contributed by atoms with Gasteiger partial charge in [0.1, 0.15) is 10.6 Å². The number of hydrogen-bond donors (Lipinski definition) is 3. The minimum Gasteiger partial charge on any atom is -0.394 e. The minimum absolute atomic E-state index is 0.154. The molecular formula is C15H22N4OS. The molecule has 6 heteroatoms. The van der Waals surface area contributed by atoms with Gasteiger partial charge in [0.25, 0.3) is 0 Å². The summed E-state index contributed by atoms with van der Waals surface area (Å²) in [7, 11) is 0. The molecule has 1 fully saturated rings. The van der Waals surface area contributed by atoms with E-state index < -0.39 is 0 Å². The lowest BCUT2D eigenvalue weighted by Gasteiger charge is -2.16. The Morgan fingerprint density at radius 1 is 1.33 bits per heavy atom. The fraction of sp³-hybridized carbons (Fsp3) is 0.600. The smallest absolute Gasteiger partial charge is 0.226 e. The minimum atomic E-state index is -0.169. The number of rotatable bonds is 7. The van der Waals surface area contributed by atoms with Crippen LogP contribution in [0.25, 0.3) is 10.2 Å². The summed E-state index contributed by atoms with van der Waals surface area (Å²) in [4.78, 5) is 11.6. The second-order valence-corrected chi connectivity index (χ2v) is 6.79. The summed E-state index contributed by atoms with van der Waals surface area (Å²) in [6.07, 6.45) is 4.04. The van der Waals surface area contributed by atoms with E-state index in [0.29, 0.717) is 5.95 Å². The van der Waals surface area contributed by atoms with Gasteiger partial charge in [-0.2, -0.15) is 4.98 Å². The third-order valence-corrected chi connectivity index (χ3v) is 5.04. The Labute approximate surface area is 128 Å². The van der Waals surface area contributed by atoms with Crippen LogP contribution in [-0.4, -0.2) is 33.8 Å². The number of aromatic nitrogens is 2. The molecule has 21 heavy (non-hydrogen) atoms. The first-order valence-corrected chi connectivity index (χ1v) is 8.44. The van der Waals surface area contributed by atoms with Crippen LogP contribution >= 0.6 is 11.3 Å². The van der Waals surface area contributed by atoms with Gasteiger partial charge in [0.05, 0.1) is 17.5 Å². The van der Waals surface area contributed by atoms with Crippen LogP contribution in [0.2, 0.25) is 0 Å². The Bertz CT molecular complexity index is 636. The summed E-state index contributed by atoms with van der Waals surface area (Å²) in [5.74, 6) is 1.52. The highest BCUT2D eigenvalue weighted by Gasteiger charge is 2.42. The number of hydrogen-bond acceptors (Lipinski definition) is 6. The topological polar surface area (TPSA) is 70.1 Å². The number of nitrogens with one attached hydrogen (secondary N) is 2. The van der Waals surface area contributed by atoms with Crippen molar-refractivity contribution >= 4 is 33.3 Å². The van der Waals surface area contributed by atoms with E-state index in [1.165, 1.54) is 4.88 Å². The third kappa shape index (κ3) is 2.96. The van der Waals surface area contributed by atoms with Crippen molar-refractivity contribution in [2.45, 2.75) is 45.1 Å². The van der Waals surface area contributed by atoms with Crippen molar-refractivity contribution in [1.82, 2.24) is 9.97 Å². The van der Waals surface area contributed by atoms with Crippen LogP contribution in [0.1, 0.15) is 38.0 Å². The van der Waals surface area contributed by atoms with Crippen molar-refractivity contribution in [3.05, 3.63) is 10.9 Å². The van der Waals surface area contributed by atoms with Crippen molar-refractivity contribution < 1.29 is 5.11 Å². The van der Waals surface area contributed by atoms with Crippen LogP contribution in [0.3, 0.4) is 0 Å². The molecule has 2 aromatic rings. The van der Waals surface area contributed by atoms with Crippen LogP contribution < -0.4 is 10.6 Å². The summed E-state index contributed by atoms with van der Waals surface area (Å²) in [6.45, 7) is 5.29. The molecule has 0 saturated heterocycles. The molecule has 0 aromatic carbocycles. The molecule has 0 aliphatic heterocycles. The molecule has 3 rings (SSSR count). The Balaban J connectivity index is 1.99. The van der Waals surface area contributed by atoms with E-state index >= 15 is 0 Å². The van der Waals surface area contributed by atoms with E-state index in [4.69, 9.17) is 0 Å². The van der Waals surface area contributed by atoms with Gasteiger partial charge in [-0.05, 0) is 31.7 Å². The number of nitrogens with zero attached hydrogens (tertiary/aromatic N) is 2. The van der Waals surface area contributed by atoms with E-state index in [0.717, 1.165) is 48.3 Å². The summed E-state index contributed by atoms with van der Waals surface area (Å²) in [6, 6.07) is 2.17. The maximum Gasteiger partial charge on any atom is 0.226 e. The largest absolute Gasteiger partial charge is 0.394 e. The number of thiophene rings is 1. The van der Waals surface area contributed by atoms with Crippen molar-refractivity contribution in [2.75, 3.05) is 23.8 Å². The zero-order valence-corrected chi connectivity index (χ0v) is 13.4. The second kappa shape index (κ2) is 5.77. The van der Waals surface area contributed by atoms with E-state index in [1.54, 1.807) is 11.3 Å². The van der Waals surface area contributed by atoms with Crippen LogP contribution in [0.5, 0.6) is 0 Å². The maximum absolute atomic E-state index is 9.53. The number of aliphatic hydroxyl groups is 1. The van der Waals surface area contributed by atoms with Crippen LogP contribution in [-0.2, 0) is 6.42 Å². The zero-order chi connectivity index (χ0) is 14.9. The predicted octanol–water partition coefficient (Wildman–Crippen LogP) is 3.01. The van der Waals surface area contributed by atoms with Gasteiger partial charge in [0, 0.05) is 11.4 Å². The molecule has 0 radical (unpaired) electrons. The lowest BCUT2D eigenvalue weighted by Crippen LogP contribution is -2.26. The van der Waals surface area contributed by atoms with Crippen LogP contribution in [0.4, 0.5) is 11.8 Å². The fourth-order valence-electron chi connectivity index (χ4n) is 2.28. The van der Waals surface area contributed by atoms with Gasteiger partial charge in [0.15, 0.2) is 0 Å². The number of fused-ring (bicyclic) bond motifs is 1. The molecule has 0 spiro atoms. The Morgan fingerprint density at radius 2 is 2.14 bits per heavy atom. The highest BCUT2D eigenvalue weighted by Crippen LogP contribution is 2.40. The molecule has 2 heterocycles. The molecule has 3 N–H and O–H groups in total. The lowest BCUT2D eigenvalue weighted by molar-refractivity contribution is 0.266. The first-order valence-electron chi connectivity index (χ1n) is 7.63.